The highest BCUT2D eigenvalue weighted by Crippen LogP contribution is 2.07. The molecule has 5 nitrogen and oxygen atoms in total. The van der Waals surface area contributed by atoms with E-state index in [-0.39, 0.29) is 18.4 Å². The quantitative estimate of drug-likeness (QED) is 0.674. The van der Waals surface area contributed by atoms with E-state index in [1.54, 1.807) is 24.0 Å². The first-order valence-corrected chi connectivity index (χ1v) is 7.83. The molecule has 22 heavy (non-hydrogen) atoms. The zero-order valence-electron chi connectivity index (χ0n) is 13.5. The summed E-state index contributed by atoms with van der Waals surface area (Å²) < 4.78 is 5.36. The molecule has 0 aliphatic rings. The number of hydrogen-bond acceptors (Lipinski definition) is 3. The fourth-order valence-corrected chi connectivity index (χ4v) is 2.03. The van der Waals surface area contributed by atoms with Gasteiger partial charge in [0.05, 0.1) is 0 Å². The van der Waals surface area contributed by atoms with Crippen LogP contribution in [0.25, 0.3) is 0 Å². The van der Waals surface area contributed by atoms with Gasteiger partial charge in [-0.1, -0.05) is 38.0 Å². The van der Waals surface area contributed by atoms with Crippen molar-refractivity contribution in [2.75, 3.05) is 26.2 Å². The van der Waals surface area contributed by atoms with Gasteiger partial charge in [-0.25, -0.2) is 0 Å². The van der Waals surface area contributed by atoms with Gasteiger partial charge in [-0.2, -0.15) is 0 Å². The topological polar surface area (TPSA) is 58.6 Å². The van der Waals surface area contributed by atoms with Crippen LogP contribution in [0.1, 0.15) is 33.1 Å². The van der Waals surface area contributed by atoms with Crippen LogP contribution in [0.3, 0.4) is 0 Å². The van der Waals surface area contributed by atoms with Gasteiger partial charge in [0.1, 0.15) is 5.75 Å². The molecule has 0 aliphatic heterocycles. The zero-order valence-corrected chi connectivity index (χ0v) is 13.5. The van der Waals surface area contributed by atoms with Crippen molar-refractivity contribution in [3.8, 4) is 5.75 Å². The van der Waals surface area contributed by atoms with Crippen molar-refractivity contribution in [3.05, 3.63) is 30.3 Å². The molecule has 0 heterocycles. The molecule has 0 spiro atoms. The maximum Gasteiger partial charge on any atom is 0.258 e. The summed E-state index contributed by atoms with van der Waals surface area (Å²) in [5.74, 6) is 0.536. The Hall–Kier alpha value is -2.04. The summed E-state index contributed by atoms with van der Waals surface area (Å²) in [4.78, 5) is 25.0. The number of carbonyl (C=O) groups is 2. The molecule has 5 heteroatoms. The van der Waals surface area contributed by atoms with E-state index in [0.717, 1.165) is 25.8 Å². The van der Waals surface area contributed by atoms with Gasteiger partial charge in [-0.15, -0.1) is 0 Å². The third-order valence-electron chi connectivity index (χ3n) is 3.29. The van der Waals surface area contributed by atoms with Gasteiger partial charge >= 0.3 is 0 Å². The fraction of sp³-hybridized carbons (Fsp3) is 0.529. The molecule has 0 saturated heterocycles. The highest BCUT2D eigenvalue weighted by atomic mass is 16.5. The number of nitrogens with one attached hydrogen (secondary N) is 1. The molecule has 0 aromatic heterocycles. The first kappa shape index (κ1) is 18.0. The number of ether oxygens (including phenoxy) is 1. The third-order valence-corrected chi connectivity index (χ3v) is 3.29. The lowest BCUT2D eigenvalue weighted by Crippen LogP contribution is -2.39. The number of hydrogen-bond donors (Lipinski definition) is 1. The van der Waals surface area contributed by atoms with Crippen LogP contribution in [-0.4, -0.2) is 43.0 Å². The van der Waals surface area contributed by atoms with E-state index in [1.165, 1.54) is 0 Å². The van der Waals surface area contributed by atoms with Gasteiger partial charge in [0.25, 0.3) is 5.91 Å². The molecule has 0 fully saturated rings. The molecule has 0 saturated carbocycles. The molecular formula is C17H26N2O3. The number of amides is 2. The summed E-state index contributed by atoms with van der Waals surface area (Å²) in [6, 6.07) is 9.21. The summed E-state index contributed by atoms with van der Waals surface area (Å²) in [5, 5.41) is 2.77. The molecule has 1 aromatic carbocycles. The third kappa shape index (κ3) is 7.67. The largest absolute Gasteiger partial charge is 0.484 e. The van der Waals surface area contributed by atoms with Gasteiger partial charge in [0.2, 0.25) is 5.91 Å². The van der Waals surface area contributed by atoms with Crippen LogP contribution in [0.2, 0.25) is 0 Å². The number of carbonyl (C=O) groups excluding carboxylic acids is 2. The second kappa shape index (κ2) is 10.7. The number of benzene rings is 1. The van der Waals surface area contributed by atoms with Crippen molar-refractivity contribution >= 4 is 11.8 Å². The van der Waals surface area contributed by atoms with Gasteiger partial charge in [0.15, 0.2) is 6.61 Å². The van der Waals surface area contributed by atoms with E-state index in [1.807, 2.05) is 18.2 Å². The Morgan fingerprint density at radius 1 is 1.14 bits per heavy atom. The second-order valence-corrected chi connectivity index (χ2v) is 5.16. The van der Waals surface area contributed by atoms with E-state index in [2.05, 4.69) is 12.2 Å². The molecule has 0 atom stereocenters. The average Bonchev–Trinajstić information content (AvgIpc) is 2.52. The minimum absolute atomic E-state index is 0.0140. The first-order chi connectivity index (χ1) is 10.6. The van der Waals surface area contributed by atoms with Crippen molar-refractivity contribution in [1.82, 2.24) is 10.2 Å². The summed E-state index contributed by atoms with van der Waals surface area (Å²) in [7, 11) is 0. The van der Waals surface area contributed by atoms with Gasteiger partial charge < -0.3 is 15.0 Å². The maximum atomic E-state index is 11.7. The Morgan fingerprint density at radius 3 is 2.50 bits per heavy atom. The molecule has 122 valence electrons. The lowest BCUT2D eigenvalue weighted by molar-refractivity contribution is -0.129. The monoisotopic (exact) mass is 306 g/mol. The Kier molecular flexibility index (Phi) is 8.72. The van der Waals surface area contributed by atoms with Crippen LogP contribution < -0.4 is 10.1 Å². The van der Waals surface area contributed by atoms with Crippen molar-refractivity contribution in [2.24, 2.45) is 0 Å². The molecule has 0 unspecified atom stereocenters. The van der Waals surface area contributed by atoms with Crippen LogP contribution >= 0.6 is 0 Å². The lowest BCUT2D eigenvalue weighted by Gasteiger charge is -2.21. The minimum Gasteiger partial charge on any atom is -0.484 e. The number of nitrogens with zero attached hydrogens (tertiary/aromatic N) is 1. The normalized spacial score (nSPS) is 10.1. The Labute approximate surface area is 132 Å². The number of unbranched alkanes of at least 4 members (excludes halogenated alkanes) is 2. The number of para-hydroxylation sites is 1. The Balaban J connectivity index is 2.20. The standard InChI is InChI=1S/C17H26N2O3/c1-3-4-8-12-19(15(2)20)13-11-18-17(21)14-22-16-9-6-5-7-10-16/h5-7,9-10H,3-4,8,11-14H2,1-2H3,(H,18,21). The van der Waals surface area contributed by atoms with E-state index >= 15 is 0 Å². The lowest BCUT2D eigenvalue weighted by atomic mass is 10.2. The van der Waals surface area contributed by atoms with Crippen molar-refractivity contribution in [2.45, 2.75) is 33.1 Å². The molecule has 2 amide bonds. The fourth-order valence-electron chi connectivity index (χ4n) is 2.03. The molecule has 1 rings (SSSR count). The van der Waals surface area contributed by atoms with Crippen LogP contribution in [0.5, 0.6) is 5.75 Å². The average molecular weight is 306 g/mol. The first-order valence-electron chi connectivity index (χ1n) is 7.83. The Bertz CT molecular complexity index is 448. The molecule has 1 N–H and O–H groups in total. The van der Waals surface area contributed by atoms with Crippen molar-refractivity contribution < 1.29 is 14.3 Å². The molecule has 1 aromatic rings. The summed E-state index contributed by atoms with van der Waals surface area (Å²) >= 11 is 0. The SMILES string of the molecule is CCCCCN(CCNC(=O)COc1ccccc1)C(C)=O. The molecule has 0 radical (unpaired) electrons. The van der Waals surface area contributed by atoms with Crippen LogP contribution in [0, 0.1) is 0 Å². The Morgan fingerprint density at radius 2 is 1.86 bits per heavy atom. The highest BCUT2D eigenvalue weighted by Gasteiger charge is 2.09. The van der Waals surface area contributed by atoms with E-state index in [0.29, 0.717) is 18.8 Å². The zero-order chi connectivity index (χ0) is 16.2. The van der Waals surface area contributed by atoms with E-state index in [9.17, 15) is 9.59 Å². The highest BCUT2D eigenvalue weighted by molar-refractivity contribution is 5.77. The molecule has 0 bridgehead atoms. The van der Waals surface area contributed by atoms with Gasteiger partial charge in [-0.05, 0) is 18.6 Å². The van der Waals surface area contributed by atoms with Crippen LogP contribution in [0.4, 0.5) is 0 Å². The van der Waals surface area contributed by atoms with Crippen LogP contribution in [-0.2, 0) is 9.59 Å². The van der Waals surface area contributed by atoms with Gasteiger partial charge in [-0.3, -0.25) is 9.59 Å². The number of rotatable bonds is 10. The predicted octanol–water partition coefficient (Wildman–Crippen LogP) is 2.22. The second-order valence-electron chi connectivity index (χ2n) is 5.16. The summed E-state index contributed by atoms with van der Waals surface area (Å²) in [6.07, 6.45) is 3.24. The van der Waals surface area contributed by atoms with E-state index < -0.39 is 0 Å². The summed E-state index contributed by atoms with van der Waals surface area (Å²) in [6.45, 7) is 5.41. The molecule has 0 aliphatic carbocycles. The smallest absolute Gasteiger partial charge is 0.258 e. The van der Waals surface area contributed by atoms with Crippen molar-refractivity contribution in [1.29, 1.82) is 0 Å². The molecular weight excluding hydrogens is 280 g/mol. The van der Waals surface area contributed by atoms with Crippen LogP contribution in [0.15, 0.2) is 30.3 Å². The maximum absolute atomic E-state index is 11.7. The predicted molar refractivity (Wildman–Crippen MR) is 86.7 cm³/mol. The summed E-state index contributed by atoms with van der Waals surface area (Å²) in [5.41, 5.74) is 0. The minimum atomic E-state index is -0.180. The van der Waals surface area contributed by atoms with Crippen molar-refractivity contribution in [3.63, 3.8) is 0 Å². The van der Waals surface area contributed by atoms with Gasteiger partial charge in [0, 0.05) is 26.6 Å². The van der Waals surface area contributed by atoms with E-state index in [4.69, 9.17) is 4.74 Å².